The SMILES string of the molecule is CC12C=CC3=C(C1=CC=CC2)c1ccc2c4c(ccc2c1C3(C)C)-c1c(ccc2ccccc12)C4(C)C. The third-order valence-corrected chi connectivity index (χ3v) is 9.98. The van der Waals surface area contributed by atoms with Crippen molar-refractivity contribution in [1.82, 2.24) is 0 Å². The quantitative estimate of drug-likeness (QED) is 0.237. The third-order valence-electron chi connectivity index (χ3n) is 9.98. The highest BCUT2D eigenvalue weighted by Gasteiger charge is 2.46. The minimum absolute atomic E-state index is 0.0411. The van der Waals surface area contributed by atoms with E-state index in [2.05, 4.69) is 126 Å². The maximum atomic E-state index is 2.46. The Morgan fingerprint density at radius 2 is 1.41 bits per heavy atom. The first kappa shape index (κ1) is 21.4. The van der Waals surface area contributed by atoms with Crippen molar-refractivity contribution in [3.8, 4) is 11.1 Å². The van der Waals surface area contributed by atoms with Crippen molar-refractivity contribution < 1.29 is 0 Å². The Bertz CT molecular complexity index is 1850. The van der Waals surface area contributed by atoms with Crippen molar-refractivity contribution in [2.45, 2.75) is 51.9 Å². The summed E-state index contributed by atoms with van der Waals surface area (Å²) in [5, 5.41) is 5.52. The van der Waals surface area contributed by atoms with Crippen molar-refractivity contribution >= 4 is 27.1 Å². The van der Waals surface area contributed by atoms with E-state index in [0.717, 1.165) is 6.42 Å². The van der Waals surface area contributed by atoms with Gasteiger partial charge in [0.05, 0.1) is 0 Å². The molecule has 8 rings (SSSR count). The van der Waals surface area contributed by atoms with Crippen molar-refractivity contribution in [2.24, 2.45) is 5.41 Å². The molecule has 0 N–H and O–H groups in total. The fourth-order valence-corrected chi connectivity index (χ4v) is 8.13. The van der Waals surface area contributed by atoms with Crippen LogP contribution in [0.5, 0.6) is 0 Å². The number of hydrogen-bond acceptors (Lipinski definition) is 0. The van der Waals surface area contributed by atoms with Crippen LogP contribution in [0, 0.1) is 5.41 Å². The zero-order valence-electron chi connectivity index (χ0n) is 22.4. The first-order valence-electron chi connectivity index (χ1n) is 13.7. The van der Waals surface area contributed by atoms with Crippen LogP contribution in [0.15, 0.2) is 102 Å². The largest absolute Gasteiger partial charge is 0.0833 e. The van der Waals surface area contributed by atoms with Gasteiger partial charge in [0.25, 0.3) is 0 Å². The van der Waals surface area contributed by atoms with E-state index >= 15 is 0 Å². The number of fused-ring (bicyclic) bond motifs is 12. The number of hydrogen-bond donors (Lipinski definition) is 0. The van der Waals surface area contributed by atoms with Crippen LogP contribution >= 0.6 is 0 Å². The van der Waals surface area contributed by atoms with Crippen molar-refractivity contribution in [1.29, 1.82) is 0 Å². The fourth-order valence-electron chi connectivity index (χ4n) is 8.13. The molecular formula is C37H32. The Kier molecular flexibility index (Phi) is 3.83. The van der Waals surface area contributed by atoms with E-state index in [4.69, 9.17) is 0 Å². The van der Waals surface area contributed by atoms with Crippen molar-refractivity contribution in [2.75, 3.05) is 0 Å². The third kappa shape index (κ3) is 2.45. The first-order valence-corrected chi connectivity index (χ1v) is 13.7. The Hall–Kier alpha value is -3.64. The summed E-state index contributed by atoms with van der Waals surface area (Å²) in [4.78, 5) is 0. The molecule has 0 radical (unpaired) electrons. The number of allylic oxidation sites excluding steroid dienone is 8. The summed E-state index contributed by atoms with van der Waals surface area (Å²) in [6, 6.07) is 23.3. The second-order valence-electron chi connectivity index (χ2n) is 12.8. The minimum atomic E-state index is -0.0482. The molecule has 1 unspecified atom stereocenters. The van der Waals surface area contributed by atoms with E-state index in [1.165, 1.54) is 71.6 Å². The molecule has 0 heteroatoms. The van der Waals surface area contributed by atoms with E-state index in [-0.39, 0.29) is 16.2 Å². The summed E-state index contributed by atoms with van der Waals surface area (Å²) in [6.45, 7) is 12.1. The van der Waals surface area contributed by atoms with Crippen molar-refractivity contribution in [3.05, 3.63) is 124 Å². The van der Waals surface area contributed by atoms with Gasteiger partial charge in [-0.05, 0) is 78.1 Å². The monoisotopic (exact) mass is 476 g/mol. The fraction of sp³-hybridized carbons (Fsp3) is 0.243. The molecule has 0 spiro atoms. The molecule has 0 bridgehead atoms. The summed E-state index contributed by atoms with van der Waals surface area (Å²) in [5.41, 5.74) is 13.1. The summed E-state index contributed by atoms with van der Waals surface area (Å²) >= 11 is 0. The van der Waals surface area contributed by atoms with Gasteiger partial charge in [0.2, 0.25) is 0 Å². The van der Waals surface area contributed by atoms with Gasteiger partial charge >= 0.3 is 0 Å². The molecule has 4 aromatic carbocycles. The minimum Gasteiger partial charge on any atom is -0.0833 e. The second-order valence-corrected chi connectivity index (χ2v) is 12.8. The topological polar surface area (TPSA) is 0 Å². The van der Waals surface area contributed by atoms with Crippen LogP contribution in [-0.2, 0) is 10.8 Å². The lowest BCUT2D eigenvalue weighted by Gasteiger charge is -2.36. The number of rotatable bonds is 0. The highest BCUT2D eigenvalue weighted by atomic mass is 14.5. The molecule has 4 aliphatic carbocycles. The van der Waals surface area contributed by atoms with Gasteiger partial charge in [-0.3, -0.25) is 0 Å². The molecule has 180 valence electrons. The van der Waals surface area contributed by atoms with Gasteiger partial charge in [0.1, 0.15) is 0 Å². The van der Waals surface area contributed by atoms with Crippen LogP contribution in [0.1, 0.15) is 63.3 Å². The summed E-state index contributed by atoms with van der Waals surface area (Å²) in [5.74, 6) is 0. The molecular weight excluding hydrogens is 444 g/mol. The average Bonchev–Trinajstić information content (AvgIpc) is 3.28. The van der Waals surface area contributed by atoms with Gasteiger partial charge in [0, 0.05) is 16.2 Å². The van der Waals surface area contributed by atoms with Crippen LogP contribution in [0.4, 0.5) is 0 Å². The highest BCUT2D eigenvalue weighted by molar-refractivity contribution is 6.09. The molecule has 0 aliphatic heterocycles. The van der Waals surface area contributed by atoms with Crippen LogP contribution in [0.3, 0.4) is 0 Å². The molecule has 0 fully saturated rings. The molecule has 4 aliphatic rings. The summed E-state index contributed by atoms with van der Waals surface area (Å²) in [6.07, 6.45) is 12.9. The summed E-state index contributed by atoms with van der Waals surface area (Å²) < 4.78 is 0. The molecule has 0 saturated heterocycles. The van der Waals surface area contributed by atoms with Gasteiger partial charge in [0.15, 0.2) is 0 Å². The number of benzene rings is 4. The van der Waals surface area contributed by atoms with Gasteiger partial charge < -0.3 is 0 Å². The second kappa shape index (κ2) is 6.62. The smallest absolute Gasteiger partial charge is 0.0165 e. The lowest BCUT2D eigenvalue weighted by molar-refractivity contribution is 0.525. The lowest BCUT2D eigenvalue weighted by atomic mass is 9.67. The molecule has 1 atom stereocenters. The Labute approximate surface area is 219 Å². The normalized spacial score (nSPS) is 23.5. The molecule has 0 nitrogen and oxygen atoms in total. The predicted octanol–water partition coefficient (Wildman–Crippen LogP) is 9.81. The van der Waals surface area contributed by atoms with E-state index < -0.39 is 0 Å². The Morgan fingerprint density at radius 3 is 2.22 bits per heavy atom. The molecule has 0 saturated carbocycles. The van der Waals surface area contributed by atoms with E-state index in [0.29, 0.717) is 0 Å². The molecule has 0 aromatic heterocycles. The van der Waals surface area contributed by atoms with Gasteiger partial charge in [-0.2, -0.15) is 0 Å². The van der Waals surface area contributed by atoms with Crippen LogP contribution in [0.2, 0.25) is 0 Å². The maximum Gasteiger partial charge on any atom is 0.0165 e. The Morgan fingerprint density at radius 1 is 0.676 bits per heavy atom. The standard InChI is InChI=1S/C37H32/c1-35(2)28-18-13-22-10-6-7-11-23(22)31(28)26-16-14-25-24(33(26)35)15-17-27-32-29(36(3,4)34(25)27)19-21-37(5)20-9-8-12-30(32)37/h6-19,21H,20H2,1-5H3. The summed E-state index contributed by atoms with van der Waals surface area (Å²) in [7, 11) is 0. The predicted molar refractivity (Wildman–Crippen MR) is 158 cm³/mol. The van der Waals surface area contributed by atoms with Gasteiger partial charge in [-0.1, -0.05) is 126 Å². The van der Waals surface area contributed by atoms with E-state index in [1.54, 1.807) is 0 Å². The van der Waals surface area contributed by atoms with E-state index in [9.17, 15) is 0 Å². The van der Waals surface area contributed by atoms with Crippen molar-refractivity contribution in [3.63, 3.8) is 0 Å². The highest BCUT2D eigenvalue weighted by Crippen LogP contribution is 2.60. The first-order chi connectivity index (χ1) is 17.7. The molecule has 0 amide bonds. The maximum absolute atomic E-state index is 2.46. The molecule has 4 aromatic rings. The van der Waals surface area contributed by atoms with Crippen LogP contribution in [-0.4, -0.2) is 0 Å². The van der Waals surface area contributed by atoms with Crippen LogP contribution < -0.4 is 0 Å². The molecule has 37 heavy (non-hydrogen) atoms. The lowest BCUT2D eigenvalue weighted by Crippen LogP contribution is -2.23. The van der Waals surface area contributed by atoms with Gasteiger partial charge in [-0.15, -0.1) is 0 Å². The average molecular weight is 477 g/mol. The zero-order valence-corrected chi connectivity index (χ0v) is 22.4. The Balaban J connectivity index is 1.44. The van der Waals surface area contributed by atoms with Gasteiger partial charge in [-0.25, -0.2) is 0 Å². The van der Waals surface area contributed by atoms with Crippen LogP contribution in [0.25, 0.3) is 38.2 Å². The van der Waals surface area contributed by atoms with E-state index in [1.807, 2.05) is 0 Å². The zero-order chi connectivity index (χ0) is 25.3. The molecule has 0 heterocycles.